The smallest absolute Gasteiger partial charge is 0.110 e. The van der Waals surface area contributed by atoms with Gasteiger partial charge in [-0.3, -0.25) is 10.3 Å². The van der Waals surface area contributed by atoms with Gasteiger partial charge in [0.15, 0.2) is 0 Å². The van der Waals surface area contributed by atoms with Crippen LogP contribution in [0.5, 0.6) is 0 Å². The fraction of sp³-hybridized carbons (Fsp3) is 0.364. The lowest BCUT2D eigenvalue weighted by atomic mass is 10.1. The summed E-state index contributed by atoms with van der Waals surface area (Å²) in [5.74, 6) is 0.567. The molecule has 0 spiro atoms. The molecular weight excluding hydrogens is 294 g/mol. The zero-order valence-electron chi connectivity index (χ0n) is 15.0. The summed E-state index contributed by atoms with van der Waals surface area (Å²) in [6, 6.07) is 20.8. The molecule has 128 valence electrons. The van der Waals surface area contributed by atoms with E-state index < -0.39 is 0 Å². The first-order chi connectivity index (χ1) is 11.7. The van der Waals surface area contributed by atoms with Crippen LogP contribution in [-0.4, -0.2) is 0 Å². The molecule has 0 aliphatic carbocycles. The highest BCUT2D eigenvalue weighted by Crippen LogP contribution is 2.23. The Morgan fingerprint density at radius 3 is 2.21 bits per heavy atom. The lowest BCUT2D eigenvalue weighted by Crippen LogP contribution is -2.19. The third-order valence-electron chi connectivity index (χ3n) is 3.82. The molecule has 2 nitrogen and oxygen atoms in total. The second kappa shape index (κ2) is 9.94. The van der Waals surface area contributed by atoms with Gasteiger partial charge in [0.1, 0.15) is 6.10 Å². The Hall–Kier alpha value is -2.06. The normalized spacial score (nSPS) is 13.1. The van der Waals surface area contributed by atoms with Crippen LogP contribution in [-0.2, 0) is 4.84 Å². The highest BCUT2D eigenvalue weighted by molar-refractivity contribution is 5.51. The van der Waals surface area contributed by atoms with Gasteiger partial charge in [0, 0.05) is 5.70 Å². The Bertz CT molecular complexity index is 604. The van der Waals surface area contributed by atoms with Crippen LogP contribution in [0, 0.1) is 5.92 Å². The number of nitrogens with one attached hydrogen (secondary N) is 1. The number of hydrogen-bond acceptors (Lipinski definition) is 2. The largest absolute Gasteiger partial charge is 0.270 e. The molecule has 0 amide bonds. The number of hydrogen-bond donors (Lipinski definition) is 1. The summed E-state index contributed by atoms with van der Waals surface area (Å²) in [7, 11) is 0. The first-order valence-electron chi connectivity index (χ1n) is 8.91. The number of benzene rings is 2. The van der Waals surface area contributed by atoms with Gasteiger partial charge in [0.2, 0.25) is 0 Å². The van der Waals surface area contributed by atoms with Crippen molar-refractivity contribution in [3.63, 3.8) is 0 Å². The lowest BCUT2D eigenvalue weighted by Gasteiger charge is -2.21. The van der Waals surface area contributed by atoms with E-state index in [1.807, 2.05) is 12.1 Å². The minimum atomic E-state index is 0.0718. The third kappa shape index (κ3) is 6.21. The standard InChI is InChI=1S/C22H29NO/c1-4-11-22(20-14-9-6-10-15-20)24-23-21(16-18(2)3)17-19-12-7-5-8-13-19/h5-10,12-15,17-18,22-23H,4,11,16H2,1-3H3/b21-17-. The van der Waals surface area contributed by atoms with Crippen LogP contribution in [0.15, 0.2) is 66.4 Å². The first-order valence-corrected chi connectivity index (χ1v) is 8.91. The molecule has 2 rings (SSSR count). The molecule has 0 aliphatic rings. The second-order valence-corrected chi connectivity index (χ2v) is 6.59. The predicted octanol–water partition coefficient (Wildman–Crippen LogP) is 6.14. The maximum Gasteiger partial charge on any atom is 0.110 e. The van der Waals surface area contributed by atoms with Crippen LogP contribution in [0.3, 0.4) is 0 Å². The highest BCUT2D eigenvalue weighted by atomic mass is 16.7. The zero-order chi connectivity index (χ0) is 17.2. The molecule has 0 saturated carbocycles. The van der Waals surface area contributed by atoms with E-state index >= 15 is 0 Å². The van der Waals surface area contributed by atoms with Gasteiger partial charge in [-0.05, 0) is 36.0 Å². The quantitative estimate of drug-likeness (QED) is 0.560. The molecule has 2 heteroatoms. The minimum Gasteiger partial charge on any atom is -0.270 e. The van der Waals surface area contributed by atoms with Gasteiger partial charge in [0.05, 0.1) is 0 Å². The van der Waals surface area contributed by atoms with Crippen molar-refractivity contribution >= 4 is 6.08 Å². The van der Waals surface area contributed by atoms with Crippen LogP contribution in [0.25, 0.3) is 6.08 Å². The van der Waals surface area contributed by atoms with E-state index in [4.69, 9.17) is 4.84 Å². The molecule has 1 atom stereocenters. The van der Waals surface area contributed by atoms with E-state index in [9.17, 15) is 0 Å². The van der Waals surface area contributed by atoms with E-state index in [1.165, 1.54) is 11.1 Å². The van der Waals surface area contributed by atoms with E-state index in [0.717, 1.165) is 25.0 Å². The Balaban J connectivity index is 2.09. The van der Waals surface area contributed by atoms with E-state index in [1.54, 1.807) is 0 Å². The average molecular weight is 323 g/mol. The van der Waals surface area contributed by atoms with Gasteiger partial charge in [-0.2, -0.15) is 0 Å². The number of rotatable bonds is 9. The predicted molar refractivity (Wildman–Crippen MR) is 102 cm³/mol. The summed E-state index contributed by atoms with van der Waals surface area (Å²) in [6.45, 7) is 6.64. The lowest BCUT2D eigenvalue weighted by molar-refractivity contribution is -0.0160. The van der Waals surface area contributed by atoms with Crippen molar-refractivity contribution in [1.82, 2.24) is 5.48 Å². The van der Waals surface area contributed by atoms with Crippen molar-refractivity contribution in [3.05, 3.63) is 77.5 Å². The van der Waals surface area contributed by atoms with Crippen LogP contribution >= 0.6 is 0 Å². The summed E-state index contributed by atoms with van der Waals surface area (Å²) >= 11 is 0. The van der Waals surface area contributed by atoms with Gasteiger partial charge in [-0.25, -0.2) is 0 Å². The Morgan fingerprint density at radius 1 is 1.00 bits per heavy atom. The molecule has 0 heterocycles. The topological polar surface area (TPSA) is 21.3 Å². The van der Waals surface area contributed by atoms with Crippen LogP contribution in [0.1, 0.15) is 57.3 Å². The molecule has 0 radical (unpaired) electrons. The fourth-order valence-corrected chi connectivity index (χ4v) is 2.69. The molecule has 0 bridgehead atoms. The molecule has 0 aromatic heterocycles. The molecule has 0 fully saturated rings. The Morgan fingerprint density at radius 2 is 1.62 bits per heavy atom. The van der Waals surface area contributed by atoms with Crippen LogP contribution in [0.2, 0.25) is 0 Å². The first kappa shape index (κ1) is 18.3. The zero-order valence-corrected chi connectivity index (χ0v) is 15.0. The van der Waals surface area contributed by atoms with Crippen molar-refractivity contribution in [2.45, 2.75) is 46.1 Å². The maximum atomic E-state index is 6.09. The van der Waals surface area contributed by atoms with Gasteiger partial charge < -0.3 is 0 Å². The van der Waals surface area contributed by atoms with Crippen LogP contribution in [0.4, 0.5) is 0 Å². The summed E-state index contributed by atoms with van der Waals surface area (Å²) in [5.41, 5.74) is 6.77. The average Bonchev–Trinajstić information content (AvgIpc) is 2.59. The SMILES string of the molecule is CCCC(ON/C(=C\c1ccccc1)CC(C)C)c1ccccc1. The van der Waals surface area contributed by atoms with Gasteiger partial charge >= 0.3 is 0 Å². The monoisotopic (exact) mass is 323 g/mol. The molecular formula is C22H29NO. The van der Waals surface area contributed by atoms with Crippen molar-refractivity contribution in [2.75, 3.05) is 0 Å². The van der Waals surface area contributed by atoms with E-state index in [0.29, 0.717) is 5.92 Å². The molecule has 0 aliphatic heterocycles. The van der Waals surface area contributed by atoms with Crippen LogP contribution < -0.4 is 5.48 Å². The minimum absolute atomic E-state index is 0.0718. The molecule has 2 aromatic carbocycles. The third-order valence-corrected chi connectivity index (χ3v) is 3.82. The Kier molecular flexibility index (Phi) is 7.57. The summed E-state index contributed by atoms with van der Waals surface area (Å²) in [5, 5.41) is 0. The van der Waals surface area contributed by atoms with E-state index in [2.05, 4.69) is 80.9 Å². The second-order valence-electron chi connectivity index (χ2n) is 6.59. The van der Waals surface area contributed by atoms with Gasteiger partial charge in [-0.15, -0.1) is 0 Å². The highest BCUT2D eigenvalue weighted by Gasteiger charge is 2.12. The number of hydroxylamine groups is 1. The molecule has 1 N–H and O–H groups in total. The maximum absolute atomic E-state index is 6.09. The van der Waals surface area contributed by atoms with Gasteiger partial charge in [0.25, 0.3) is 0 Å². The fourth-order valence-electron chi connectivity index (χ4n) is 2.69. The van der Waals surface area contributed by atoms with Crippen molar-refractivity contribution in [1.29, 1.82) is 0 Å². The van der Waals surface area contributed by atoms with Crippen molar-refractivity contribution in [3.8, 4) is 0 Å². The van der Waals surface area contributed by atoms with E-state index in [-0.39, 0.29) is 6.10 Å². The molecule has 2 aromatic rings. The number of allylic oxidation sites excluding steroid dienone is 1. The Labute approximate surface area is 146 Å². The summed E-state index contributed by atoms with van der Waals surface area (Å²) in [4.78, 5) is 6.09. The molecule has 0 saturated heterocycles. The molecule has 24 heavy (non-hydrogen) atoms. The molecule has 1 unspecified atom stereocenters. The van der Waals surface area contributed by atoms with Gasteiger partial charge in [-0.1, -0.05) is 87.9 Å². The summed E-state index contributed by atoms with van der Waals surface area (Å²) < 4.78 is 0. The van der Waals surface area contributed by atoms with Crippen molar-refractivity contribution < 1.29 is 4.84 Å². The van der Waals surface area contributed by atoms with Crippen molar-refractivity contribution in [2.24, 2.45) is 5.92 Å². The summed E-state index contributed by atoms with van der Waals surface area (Å²) in [6.07, 6.45) is 5.29.